The summed E-state index contributed by atoms with van der Waals surface area (Å²) in [6.07, 6.45) is 6.90. The van der Waals surface area contributed by atoms with Crippen LogP contribution in [0.5, 0.6) is 11.5 Å². The Bertz CT molecular complexity index is 1090. The highest BCUT2D eigenvalue weighted by Crippen LogP contribution is 2.52. The fourth-order valence-corrected chi connectivity index (χ4v) is 5.08. The van der Waals surface area contributed by atoms with Gasteiger partial charge in [-0.2, -0.15) is 0 Å². The Morgan fingerprint density at radius 1 is 1.16 bits per heavy atom. The maximum absolute atomic E-state index is 13.4. The van der Waals surface area contributed by atoms with E-state index >= 15 is 0 Å². The topological polar surface area (TPSA) is 90.0 Å². The maximum Gasteiger partial charge on any atom is 0.231 e. The van der Waals surface area contributed by atoms with Crippen LogP contribution in [-0.2, 0) is 27.4 Å². The van der Waals surface area contributed by atoms with Crippen LogP contribution in [-0.4, -0.2) is 46.7 Å². The van der Waals surface area contributed by atoms with Crippen molar-refractivity contribution in [2.24, 2.45) is 11.8 Å². The van der Waals surface area contributed by atoms with Crippen LogP contribution < -0.4 is 14.8 Å². The van der Waals surface area contributed by atoms with E-state index in [-0.39, 0.29) is 24.7 Å². The molecule has 2 fully saturated rings. The molecule has 6 rings (SSSR count). The summed E-state index contributed by atoms with van der Waals surface area (Å²) >= 11 is 0. The van der Waals surface area contributed by atoms with Gasteiger partial charge in [-0.25, -0.2) is 0 Å². The van der Waals surface area contributed by atoms with Gasteiger partial charge in [0, 0.05) is 25.5 Å². The molecule has 1 spiro atoms. The highest BCUT2D eigenvalue weighted by molar-refractivity contribution is 5.93. The first-order chi connectivity index (χ1) is 15.1. The molecule has 4 atom stereocenters. The first-order valence-corrected chi connectivity index (χ1v) is 10.3. The van der Waals surface area contributed by atoms with Gasteiger partial charge in [0.15, 0.2) is 11.5 Å². The molecular weight excluding hydrogens is 398 g/mol. The normalized spacial score (nSPS) is 29.5. The fraction of sp³-hybridized carbons (Fsp3) is 0.348. The molecule has 2 amide bonds. The second kappa shape index (κ2) is 6.81. The van der Waals surface area contributed by atoms with Gasteiger partial charge in [0.25, 0.3) is 0 Å². The summed E-state index contributed by atoms with van der Waals surface area (Å²) in [7, 11) is 0. The lowest BCUT2D eigenvalue weighted by Crippen LogP contribution is -2.43. The molecule has 1 aromatic heterocycles. The fourth-order valence-electron chi connectivity index (χ4n) is 5.08. The Hall–Kier alpha value is -3.39. The van der Waals surface area contributed by atoms with Crippen molar-refractivity contribution in [3.05, 3.63) is 66.0 Å². The van der Waals surface area contributed by atoms with E-state index in [1.54, 1.807) is 17.3 Å². The molecule has 2 saturated heterocycles. The third kappa shape index (κ3) is 2.90. The molecular formula is C23H21N3O5. The number of aromatic nitrogens is 1. The van der Waals surface area contributed by atoms with Crippen molar-refractivity contribution < 1.29 is 23.8 Å². The lowest BCUT2D eigenvalue weighted by molar-refractivity contribution is -0.137. The smallest absolute Gasteiger partial charge is 0.231 e. The number of likely N-dealkylation sites (tertiary alicyclic amines) is 1. The zero-order valence-electron chi connectivity index (χ0n) is 16.7. The van der Waals surface area contributed by atoms with E-state index in [1.807, 2.05) is 42.5 Å². The Morgan fingerprint density at radius 2 is 2.00 bits per heavy atom. The summed E-state index contributed by atoms with van der Waals surface area (Å²) in [6, 6.07) is 9.39. The van der Waals surface area contributed by atoms with Crippen molar-refractivity contribution in [1.82, 2.24) is 15.2 Å². The standard InChI is InChI=1S/C23H21N3O5/c27-21(25-10-14-4-7-24-8-5-14)19-17-3-6-23(31-17)12-26(22(28)20(19)23)11-15-1-2-16-18(9-15)30-13-29-16/h1-9,17,19-20H,10-13H2,(H,25,27)/t17-,19+,20-,23-/m1/s1. The average Bonchev–Trinajstić information content (AvgIpc) is 3.54. The minimum absolute atomic E-state index is 0.0476. The Balaban J connectivity index is 1.19. The summed E-state index contributed by atoms with van der Waals surface area (Å²) in [5, 5.41) is 2.97. The summed E-state index contributed by atoms with van der Waals surface area (Å²) in [5.74, 6) is 0.163. The summed E-state index contributed by atoms with van der Waals surface area (Å²) in [4.78, 5) is 32.2. The van der Waals surface area contributed by atoms with E-state index in [9.17, 15) is 9.59 Å². The Kier molecular flexibility index (Phi) is 4.04. The van der Waals surface area contributed by atoms with E-state index in [4.69, 9.17) is 14.2 Å². The van der Waals surface area contributed by atoms with Crippen LogP contribution in [0.1, 0.15) is 11.1 Å². The monoisotopic (exact) mass is 419 g/mol. The highest BCUT2D eigenvalue weighted by Gasteiger charge is 2.66. The number of hydrogen-bond acceptors (Lipinski definition) is 6. The van der Waals surface area contributed by atoms with Crippen molar-refractivity contribution in [1.29, 1.82) is 0 Å². The number of carbonyl (C=O) groups excluding carboxylic acids is 2. The number of rotatable bonds is 5. The molecule has 4 aliphatic rings. The molecule has 1 aromatic carbocycles. The second-order valence-corrected chi connectivity index (χ2v) is 8.36. The molecule has 0 radical (unpaired) electrons. The van der Waals surface area contributed by atoms with Gasteiger partial charge in [-0.05, 0) is 35.4 Å². The molecule has 8 heteroatoms. The predicted octanol–water partition coefficient (Wildman–Crippen LogP) is 1.41. The van der Waals surface area contributed by atoms with Gasteiger partial charge < -0.3 is 24.4 Å². The SMILES string of the molecule is O=C(NCc1ccncc1)[C@H]1[C@H]2C=C[C@]3(CN(Cc4ccc5c(c4)OCO5)C(=O)[C@@H]13)O2. The van der Waals surface area contributed by atoms with Crippen LogP contribution >= 0.6 is 0 Å². The summed E-state index contributed by atoms with van der Waals surface area (Å²) in [5.41, 5.74) is 1.18. The number of nitrogens with one attached hydrogen (secondary N) is 1. The van der Waals surface area contributed by atoms with Gasteiger partial charge in [0.05, 0.1) is 24.5 Å². The lowest BCUT2D eigenvalue weighted by atomic mass is 9.77. The van der Waals surface area contributed by atoms with Crippen molar-refractivity contribution in [2.45, 2.75) is 24.8 Å². The number of fused-ring (bicyclic) bond motifs is 2. The molecule has 0 saturated carbocycles. The van der Waals surface area contributed by atoms with E-state index in [0.29, 0.717) is 31.1 Å². The summed E-state index contributed by atoms with van der Waals surface area (Å²) < 4.78 is 17.0. The number of pyridine rings is 1. The van der Waals surface area contributed by atoms with Crippen LogP contribution in [0.3, 0.4) is 0 Å². The van der Waals surface area contributed by atoms with Gasteiger partial charge >= 0.3 is 0 Å². The molecule has 2 bridgehead atoms. The molecule has 8 nitrogen and oxygen atoms in total. The van der Waals surface area contributed by atoms with Crippen LogP contribution in [0, 0.1) is 11.8 Å². The zero-order valence-corrected chi connectivity index (χ0v) is 16.7. The minimum Gasteiger partial charge on any atom is -0.454 e. The van der Waals surface area contributed by atoms with E-state index in [1.165, 1.54) is 0 Å². The van der Waals surface area contributed by atoms with E-state index < -0.39 is 17.4 Å². The van der Waals surface area contributed by atoms with Crippen molar-refractivity contribution in [3.8, 4) is 11.5 Å². The van der Waals surface area contributed by atoms with Gasteiger partial charge in [-0.1, -0.05) is 18.2 Å². The van der Waals surface area contributed by atoms with Crippen LogP contribution in [0.25, 0.3) is 0 Å². The van der Waals surface area contributed by atoms with Gasteiger partial charge in [-0.15, -0.1) is 0 Å². The number of benzene rings is 1. The molecule has 31 heavy (non-hydrogen) atoms. The number of ether oxygens (including phenoxy) is 3. The first kappa shape index (κ1) is 18.4. The Morgan fingerprint density at radius 3 is 2.87 bits per heavy atom. The molecule has 0 aliphatic carbocycles. The zero-order chi connectivity index (χ0) is 21.0. The number of amides is 2. The quantitative estimate of drug-likeness (QED) is 0.737. The maximum atomic E-state index is 13.4. The van der Waals surface area contributed by atoms with Crippen LogP contribution in [0.2, 0.25) is 0 Å². The van der Waals surface area contributed by atoms with Gasteiger partial charge in [0.1, 0.15) is 5.60 Å². The number of hydrogen-bond donors (Lipinski definition) is 1. The van der Waals surface area contributed by atoms with E-state index in [2.05, 4.69) is 10.3 Å². The number of carbonyl (C=O) groups is 2. The van der Waals surface area contributed by atoms with Crippen molar-refractivity contribution in [2.75, 3.05) is 13.3 Å². The van der Waals surface area contributed by atoms with Crippen LogP contribution in [0.4, 0.5) is 0 Å². The largest absolute Gasteiger partial charge is 0.454 e. The Labute approximate surface area is 178 Å². The van der Waals surface area contributed by atoms with Crippen molar-refractivity contribution >= 4 is 11.8 Å². The van der Waals surface area contributed by atoms with E-state index in [0.717, 1.165) is 11.1 Å². The third-order valence-electron chi connectivity index (χ3n) is 6.51. The van der Waals surface area contributed by atoms with Gasteiger partial charge in [0.2, 0.25) is 18.6 Å². The van der Waals surface area contributed by atoms with Gasteiger partial charge in [-0.3, -0.25) is 14.6 Å². The van der Waals surface area contributed by atoms with Crippen LogP contribution in [0.15, 0.2) is 54.9 Å². The third-order valence-corrected chi connectivity index (χ3v) is 6.51. The molecule has 5 heterocycles. The predicted molar refractivity (Wildman–Crippen MR) is 108 cm³/mol. The first-order valence-electron chi connectivity index (χ1n) is 10.3. The molecule has 158 valence electrons. The second-order valence-electron chi connectivity index (χ2n) is 8.36. The summed E-state index contributed by atoms with van der Waals surface area (Å²) in [6.45, 7) is 1.47. The average molecular weight is 419 g/mol. The lowest BCUT2D eigenvalue weighted by Gasteiger charge is -2.23. The highest BCUT2D eigenvalue weighted by atomic mass is 16.7. The minimum atomic E-state index is -0.725. The molecule has 0 unspecified atom stereocenters. The molecule has 4 aliphatic heterocycles. The number of nitrogens with zero attached hydrogens (tertiary/aromatic N) is 2. The molecule has 1 N–H and O–H groups in total. The van der Waals surface area contributed by atoms with Crippen molar-refractivity contribution in [3.63, 3.8) is 0 Å². The molecule has 2 aromatic rings.